The fourth-order valence-electron chi connectivity index (χ4n) is 3.26. The molecule has 0 atom stereocenters. The maximum Gasteiger partial charge on any atom is 0.132 e. The predicted molar refractivity (Wildman–Crippen MR) is 86.1 cm³/mol. The summed E-state index contributed by atoms with van der Waals surface area (Å²) < 4.78 is 0. The highest BCUT2D eigenvalue weighted by atomic mass is 15.2. The molecule has 0 aromatic carbocycles. The quantitative estimate of drug-likeness (QED) is 0.860. The van der Waals surface area contributed by atoms with Crippen LogP contribution in [0.25, 0.3) is 0 Å². The van der Waals surface area contributed by atoms with Gasteiger partial charge in [-0.25, -0.2) is 4.98 Å². The van der Waals surface area contributed by atoms with Crippen LogP contribution in [0.4, 0.5) is 5.82 Å². The van der Waals surface area contributed by atoms with Gasteiger partial charge in [0.1, 0.15) is 5.82 Å². The molecule has 3 nitrogen and oxygen atoms in total. The van der Waals surface area contributed by atoms with Crippen LogP contribution in [-0.2, 0) is 6.54 Å². The number of hydrogen-bond acceptors (Lipinski definition) is 3. The predicted octanol–water partition coefficient (Wildman–Crippen LogP) is 3.60. The van der Waals surface area contributed by atoms with E-state index in [2.05, 4.69) is 42.2 Å². The highest BCUT2D eigenvalue weighted by molar-refractivity contribution is 5.47. The minimum atomic E-state index is 0.660. The molecule has 3 heteroatoms. The van der Waals surface area contributed by atoms with Crippen molar-refractivity contribution in [2.75, 3.05) is 18.5 Å². The van der Waals surface area contributed by atoms with Crippen molar-refractivity contribution in [2.24, 2.45) is 5.92 Å². The van der Waals surface area contributed by atoms with Crippen LogP contribution in [0.3, 0.4) is 0 Å². The van der Waals surface area contributed by atoms with Crippen LogP contribution in [0.5, 0.6) is 0 Å². The van der Waals surface area contributed by atoms with Crippen molar-refractivity contribution >= 4 is 5.82 Å². The lowest BCUT2D eigenvalue weighted by molar-refractivity contribution is 0.312. The molecule has 0 saturated heterocycles. The zero-order valence-electron chi connectivity index (χ0n) is 13.2. The monoisotopic (exact) mass is 275 g/mol. The topological polar surface area (TPSA) is 28.2 Å². The number of anilines is 1. The number of nitrogens with one attached hydrogen (secondary N) is 1. The van der Waals surface area contributed by atoms with E-state index in [-0.39, 0.29) is 0 Å². The molecule has 0 amide bonds. The van der Waals surface area contributed by atoms with Gasteiger partial charge in [-0.3, -0.25) is 0 Å². The molecule has 1 saturated carbocycles. The molecule has 1 fully saturated rings. The van der Waals surface area contributed by atoms with E-state index < -0.39 is 0 Å². The van der Waals surface area contributed by atoms with Crippen LogP contribution in [0, 0.1) is 5.92 Å². The maximum absolute atomic E-state index is 4.63. The Morgan fingerprint density at radius 2 is 2.00 bits per heavy atom. The van der Waals surface area contributed by atoms with E-state index in [0.717, 1.165) is 24.8 Å². The molecule has 1 heterocycles. The molecule has 1 aliphatic carbocycles. The third-order valence-corrected chi connectivity index (χ3v) is 4.71. The Labute approximate surface area is 123 Å². The van der Waals surface area contributed by atoms with Gasteiger partial charge in [0, 0.05) is 31.4 Å². The summed E-state index contributed by atoms with van der Waals surface area (Å²) in [4.78, 5) is 7.05. The second-order valence-electron chi connectivity index (χ2n) is 5.96. The molecule has 1 N–H and O–H groups in total. The summed E-state index contributed by atoms with van der Waals surface area (Å²) >= 11 is 0. The van der Waals surface area contributed by atoms with Crippen LogP contribution in [0.15, 0.2) is 18.3 Å². The summed E-state index contributed by atoms with van der Waals surface area (Å²) in [5, 5.41) is 3.41. The van der Waals surface area contributed by atoms with Crippen LogP contribution >= 0.6 is 0 Å². The van der Waals surface area contributed by atoms with Gasteiger partial charge in [-0.15, -0.1) is 0 Å². The summed E-state index contributed by atoms with van der Waals surface area (Å²) in [6.07, 6.45) is 8.63. The second-order valence-corrected chi connectivity index (χ2v) is 5.96. The van der Waals surface area contributed by atoms with E-state index in [1.54, 1.807) is 0 Å². The lowest BCUT2D eigenvalue weighted by atomic mass is 9.84. The van der Waals surface area contributed by atoms with Crippen molar-refractivity contribution in [1.29, 1.82) is 0 Å². The van der Waals surface area contributed by atoms with E-state index in [1.165, 1.54) is 37.7 Å². The molecule has 112 valence electrons. The first kappa shape index (κ1) is 15.3. The van der Waals surface area contributed by atoms with Crippen molar-refractivity contribution in [1.82, 2.24) is 10.3 Å². The number of rotatable bonds is 6. The third-order valence-electron chi connectivity index (χ3n) is 4.71. The molecule has 0 aliphatic heterocycles. The minimum Gasteiger partial charge on any atom is -0.356 e. The summed E-state index contributed by atoms with van der Waals surface area (Å²) in [5.41, 5.74) is 1.31. The molecule has 1 aromatic rings. The highest BCUT2D eigenvalue weighted by Gasteiger charge is 2.24. The third kappa shape index (κ3) is 3.72. The Balaban J connectivity index is 2.03. The van der Waals surface area contributed by atoms with Crippen LogP contribution in [0.1, 0.15) is 51.5 Å². The summed E-state index contributed by atoms with van der Waals surface area (Å²) in [6, 6.07) is 4.89. The molecular formula is C17H29N3. The Hall–Kier alpha value is -1.09. The van der Waals surface area contributed by atoms with Gasteiger partial charge in [0.15, 0.2) is 0 Å². The Kier molecular flexibility index (Phi) is 5.84. The van der Waals surface area contributed by atoms with Gasteiger partial charge in [0.2, 0.25) is 0 Å². The minimum absolute atomic E-state index is 0.660. The van der Waals surface area contributed by atoms with Gasteiger partial charge in [-0.05, 0) is 44.2 Å². The molecule has 0 spiro atoms. The Morgan fingerprint density at radius 3 is 2.65 bits per heavy atom. The van der Waals surface area contributed by atoms with Gasteiger partial charge >= 0.3 is 0 Å². The van der Waals surface area contributed by atoms with Gasteiger partial charge < -0.3 is 10.2 Å². The first-order chi connectivity index (χ1) is 9.76. The van der Waals surface area contributed by atoms with Gasteiger partial charge in [0.05, 0.1) is 0 Å². The Bertz CT molecular complexity index is 397. The zero-order chi connectivity index (χ0) is 14.4. The Morgan fingerprint density at radius 1 is 1.25 bits per heavy atom. The first-order valence-corrected chi connectivity index (χ1v) is 8.13. The summed E-state index contributed by atoms with van der Waals surface area (Å²) in [5.74, 6) is 2.11. The number of hydrogen-bond donors (Lipinski definition) is 1. The average molecular weight is 275 g/mol. The van der Waals surface area contributed by atoms with E-state index in [4.69, 9.17) is 0 Å². The standard InChI is InChI=1S/C17H29N3/c1-4-14-8-10-16(11-9-14)20(3)17-15(13-18-5-2)7-6-12-19-17/h6-7,12,14,16,18H,4-5,8-11,13H2,1-3H3. The molecule has 0 unspecified atom stereocenters. The van der Waals surface area contributed by atoms with Crippen molar-refractivity contribution in [3.05, 3.63) is 23.9 Å². The van der Waals surface area contributed by atoms with E-state index in [1.807, 2.05) is 12.3 Å². The van der Waals surface area contributed by atoms with E-state index in [9.17, 15) is 0 Å². The van der Waals surface area contributed by atoms with Crippen molar-refractivity contribution in [3.63, 3.8) is 0 Å². The van der Waals surface area contributed by atoms with Crippen LogP contribution in [-0.4, -0.2) is 24.6 Å². The van der Waals surface area contributed by atoms with Crippen LogP contribution in [0.2, 0.25) is 0 Å². The molecule has 0 bridgehead atoms. The highest BCUT2D eigenvalue weighted by Crippen LogP contribution is 2.31. The van der Waals surface area contributed by atoms with E-state index >= 15 is 0 Å². The van der Waals surface area contributed by atoms with Crippen molar-refractivity contribution in [3.8, 4) is 0 Å². The zero-order valence-corrected chi connectivity index (χ0v) is 13.2. The SMILES string of the molecule is CCNCc1cccnc1N(C)C1CCC(CC)CC1. The first-order valence-electron chi connectivity index (χ1n) is 8.13. The normalized spacial score (nSPS) is 22.8. The maximum atomic E-state index is 4.63. The number of aromatic nitrogens is 1. The molecular weight excluding hydrogens is 246 g/mol. The van der Waals surface area contributed by atoms with Gasteiger partial charge in [-0.1, -0.05) is 26.3 Å². The number of nitrogens with zero attached hydrogens (tertiary/aromatic N) is 2. The molecule has 0 radical (unpaired) electrons. The fourth-order valence-corrected chi connectivity index (χ4v) is 3.26. The fraction of sp³-hybridized carbons (Fsp3) is 0.706. The van der Waals surface area contributed by atoms with E-state index in [0.29, 0.717) is 6.04 Å². The molecule has 1 aliphatic rings. The van der Waals surface area contributed by atoms with Gasteiger partial charge in [-0.2, -0.15) is 0 Å². The molecule has 1 aromatic heterocycles. The molecule has 2 rings (SSSR count). The average Bonchev–Trinajstić information content (AvgIpc) is 2.52. The summed E-state index contributed by atoms with van der Waals surface area (Å²) in [6.45, 7) is 6.38. The number of pyridine rings is 1. The smallest absolute Gasteiger partial charge is 0.132 e. The lowest BCUT2D eigenvalue weighted by Gasteiger charge is -2.36. The van der Waals surface area contributed by atoms with Gasteiger partial charge in [0.25, 0.3) is 0 Å². The summed E-state index contributed by atoms with van der Waals surface area (Å²) in [7, 11) is 2.22. The van der Waals surface area contributed by atoms with Crippen molar-refractivity contribution < 1.29 is 0 Å². The van der Waals surface area contributed by atoms with Crippen LogP contribution < -0.4 is 10.2 Å². The molecule has 20 heavy (non-hydrogen) atoms. The largest absolute Gasteiger partial charge is 0.356 e. The second kappa shape index (κ2) is 7.63. The lowest BCUT2D eigenvalue weighted by Crippen LogP contribution is -2.36. The van der Waals surface area contributed by atoms with Crippen molar-refractivity contribution in [2.45, 2.75) is 58.5 Å².